The highest BCUT2D eigenvalue weighted by Crippen LogP contribution is 2.48. The van der Waals surface area contributed by atoms with E-state index in [9.17, 15) is 28.0 Å². The van der Waals surface area contributed by atoms with Crippen LogP contribution in [-0.2, 0) is 23.9 Å². The number of nitrogens with one attached hydrogen (secondary N) is 2. The number of hydrogen-bond donors (Lipinski definition) is 2. The van der Waals surface area contributed by atoms with Crippen molar-refractivity contribution in [2.45, 2.75) is 94.4 Å². The first-order chi connectivity index (χ1) is 25.5. The lowest BCUT2D eigenvalue weighted by molar-refractivity contribution is -0.150. The fourth-order valence-electron chi connectivity index (χ4n) is 7.53. The lowest BCUT2D eigenvalue weighted by Crippen LogP contribution is -2.56. The summed E-state index contributed by atoms with van der Waals surface area (Å²) in [4.78, 5) is 65.8. The van der Waals surface area contributed by atoms with E-state index in [0.717, 1.165) is 32.1 Å². The van der Waals surface area contributed by atoms with Crippen LogP contribution in [0, 0.1) is 5.92 Å². The van der Waals surface area contributed by atoms with Crippen LogP contribution in [0.2, 0.25) is 0 Å². The van der Waals surface area contributed by atoms with E-state index in [1.807, 2.05) is 6.07 Å². The first-order valence-corrected chi connectivity index (χ1v) is 18.3. The van der Waals surface area contributed by atoms with Crippen LogP contribution >= 0.6 is 0 Å². The van der Waals surface area contributed by atoms with E-state index in [1.165, 1.54) is 17.0 Å². The van der Waals surface area contributed by atoms with Crippen molar-refractivity contribution in [3.63, 3.8) is 0 Å². The Kier molecular flexibility index (Phi) is 10.3. The number of fused-ring (bicyclic) bond motifs is 8. The van der Waals surface area contributed by atoms with E-state index in [0.29, 0.717) is 35.1 Å². The van der Waals surface area contributed by atoms with Crippen molar-refractivity contribution in [1.82, 2.24) is 25.5 Å². The zero-order valence-corrected chi connectivity index (χ0v) is 29.5. The summed E-state index contributed by atoms with van der Waals surface area (Å²) in [5.41, 5.74) is 0.652. The van der Waals surface area contributed by atoms with Gasteiger partial charge >= 0.3 is 18.0 Å². The molecule has 282 valence electrons. The predicted octanol–water partition coefficient (Wildman–Crippen LogP) is 4.95. The van der Waals surface area contributed by atoms with Crippen molar-refractivity contribution in [3.8, 4) is 22.9 Å². The molecule has 3 amide bonds. The van der Waals surface area contributed by atoms with Crippen molar-refractivity contribution in [2.75, 3.05) is 26.4 Å². The van der Waals surface area contributed by atoms with Crippen LogP contribution in [0.1, 0.15) is 64.7 Å². The molecule has 0 spiro atoms. The second-order valence-electron chi connectivity index (χ2n) is 14.2. The number of alkyl halides is 2. The third-order valence-corrected chi connectivity index (χ3v) is 10.4. The summed E-state index contributed by atoms with van der Waals surface area (Å²) in [6.45, 7) is -0.598. The first-order valence-electron chi connectivity index (χ1n) is 18.3. The number of esters is 1. The van der Waals surface area contributed by atoms with Crippen molar-refractivity contribution >= 4 is 34.9 Å². The highest BCUT2D eigenvalue weighted by Gasteiger charge is 2.62. The van der Waals surface area contributed by atoms with Gasteiger partial charge in [0.1, 0.15) is 35.2 Å². The Bertz CT molecular complexity index is 1880. The minimum Gasteiger partial charge on any atom is -0.487 e. The van der Waals surface area contributed by atoms with E-state index >= 15 is 0 Å². The molecule has 1 aromatic heterocycles. The number of rotatable bonds is 2. The number of nitrogens with zero attached hydrogens (tertiary/aromatic N) is 3. The molecule has 3 fully saturated rings. The molecular weight excluding hydrogens is 692 g/mol. The van der Waals surface area contributed by atoms with E-state index in [1.54, 1.807) is 37.3 Å². The maximum atomic E-state index is 15.0. The monoisotopic (exact) mass is 735 g/mol. The lowest BCUT2D eigenvalue weighted by atomic mass is 10.0. The fourth-order valence-corrected chi connectivity index (χ4v) is 7.53. The van der Waals surface area contributed by atoms with Crippen molar-refractivity contribution in [3.05, 3.63) is 48.5 Å². The molecule has 53 heavy (non-hydrogen) atoms. The number of cyclic esters (lactones) is 1. The van der Waals surface area contributed by atoms with Crippen molar-refractivity contribution < 1.29 is 46.9 Å². The van der Waals surface area contributed by atoms with Crippen LogP contribution in [0.15, 0.2) is 48.5 Å². The van der Waals surface area contributed by atoms with E-state index in [-0.39, 0.29) is 43.5 Å². The molecular formula is C38H43F2N5O8. The Morgan fingerprint density at radius 1 is 0.962 bits per heavy atom. The second kappa shape index (κ2) is 15.1. The molecule has 7 rings (SSSR count). The van der Waals surface area contributed by atoms with Gasteiger partial charge in [0.25, 0.3) is 0 Å². The standard InChI is InChI=1S/C38H43F2N5O8/c1-2-50-35(48)38-19-24(38)12-6-4-3-5-7-16-29-34(47)45-20-26(18-30(45)32(46)44-38)53-33-31(41-27-14-8-9-15-28(27)42-33)23-11-10-13-25(17-23)51-21-37(39,40)22-52-36(49)43-29/h8-11,13-15,17,24,26,29-30H,2-7,12,16,18-22H2,1H3,(H,43,49)(H,44,46)/t24-,26-,29+,30+,38-/m1/s1. The zero-order chi connectivity index (χ0) is 37.2. The second-order valence-corrected chi connectivity index (χ2v) is 14.2. The molecule has 1 aliphatic carbocycles. The van der Waals surface area contributed by atoms with Crippen LogP contribution in [0.5, 0.6) is 11.6 Å². The summed E-state index contributed by atoms with van der Waals surface area (Å²) in [5.74, 6) is -5.12. The molecule has 2 aromatic carbocycles. The van der Waals surface area contributed by atoms with Gasteiger partial charge in [-0.25, -0.2) is 19.6 Å². The number of amides is 3. The summed E-state index contributed by atoms with van der Waals surface area (Å²) in [5, 5.41) is 5.46. The molecule has 1 saturated carbocycles. The van der Waals surface area contributed by atoms with Gasteiger partial charge in [-0.3, -0.25) is 9.59 Å². The topological polar surface area (TPSA) is 158 Å². The van der Waals surface area contributed by atoms with Gasteiger partial charge in [-0.15, -0.1) is 0 Å². The number of carbonyl (C=O) groups is 4. The molecule has 2 saturated heterocycles. The van der Waals surface area contributed by atoms with Gasteiger partial charge in [0.2, 0.25) is 17.7 Å². The van der Waals surface area contributed by atoms with Gasteiger partial charge in [-0.1, -0.05) is 56.4 Å². The number of alkyl carbamates (subject to hydrolysis) is 1. The summed E-state index contributed by atoms with van der Waals surface area (Å²) in [6, 6.07) is 11.2. The smallest absolute Gasteiger partial charge is 0.408 e. The number of aromatic nitrogens is 2. The lowest BCUT2D eigenvalue weighted by Gasteiger charge is -2.29. The SMILES string of the molecule is CCOC(=O)[C@@]12C[C@H]1CCCCCCC[C@@H]1NC(=O)OCC(F)(F)COc3cccc(c3)-c3nc4ccccc4nc3O[C@@H]3C[C@@H](C(=O)N2)N(C3)C1=O. The predicted molar refractivity (Wildman–Crippen MR) is 186 cm³/mol. The normalized spacial score (nSPS) is 27.8. The number of hydrogen-bond acceptors (Lipinski definition) is 10. The average molecular weight is 736 g/mol. The minimum atomic E-state index is -3.57. The van der Waals surface area contributed by atoms with Crippen LogP contribution in [0.25, 0.3) is 22.3 Å². The van der Waals surface area contributed by atoms with Crippen LogP contribution in [-0.4, -0.2) is 94.8 Å². The third-order valence-electron chi connectivity index (χ3n) is 10.4. The van der Waals surface area contributed by atoms with E-state index in [4.69, 9.17) is 28.9 Å². The Labute approximate surface area is 305 Å². The fraction of sp³-hybridized carbons (Fsp3) is 0.526. The first kappa shape index (κ1) is 36.3. The molecule has 3 aromatic rings. The van der Waals surface area contributed by atoms with Crippen LogP contribution in [0.3, 0.4) is 0 Å². The van der Waals surface area contributed by atoms with Gasteiger partial charge in [-0.2, -0.15) is 8.78 Å². The molecule has 3 aliphatic heterocycles. The summed E-state index contributed by atoms with van der Waals surface area (Å²) < 4.78 is 52.2. The molecule has 0 unspecified atom stereocenters. The van der Waals surface area contributed by atoms with Crippen LogP contribution < -0.4 is 20.1 Å². The van der Waals surface area contributed by atoms with Gasteiger partial charge in [-0.05, 0) is 56.4 Å². The quantitative estimate of drug-likeness (QED) is 0.345. The molecule has 5 bridgehead atoms. The highest BCUT2D eigenvalue weighted by molar-refractivity contribution is 5.96. The number of halogens is 2. The molecule has 5 atom stereocenters. The van der Waals surface area contributed by atoms with Gasteiger partial charge in [0.05, 0.1) is 24.2 Å². The molecule has 15 heteroatoms. The number of benzene rings is 2. The zero-order valence-electron chi connectivity index (χ0n) is 29.5. The number of ether oxygens (including phenoxy) is 4. The maximum absolute atomic E-state index is 15.0. The van der Waals surface area contributed by atoms with Gasteiger partial charge < -0.3 is 34.5 Å². The Balaban J connectivity index is 1.28. The molecule has 2 N–H and O–H groups in total. The third kappa shape index (κ3) is 7.98. The highest BCUT2D eigenvalue weighted by atomic mass is 19.3. The Morgan fingerprint density at radius 3 is 2.49 bits per heavy atom. The van der Waals surface area contributed by atoms with E-state index < -0.39 is 66.7 Å². The molecule has 0 radical (unpaired) electrons. The molecule has 4 heterocycles. The summed E-state index contributed by atoms with van der Waals surface area (Å²) >= 11 is 0. The maximum Gasteiger partial charge on any atom is 0.408 e. The molecule has 4 aliphatic rings. The van der Waals surface area contributed by atoms with Crippen LogP contribution in [0.4, 0.5) is 13.6 Å². The van der Waals surface area contributed by atoms with Gasteiger partial charge in [0, 0.05) is 12.0 Å². The summed E-state index contributed by atoms with van der Waals surface area (Å²) in [7, 11) is 0. The molecule has 13 nitrogen and oxygen atoms in total. The Hall–Kier alpha value is -5.08. The number of para-hydroxylation sites is 2. The van der Waals surface area contributed by atoms with Gasteiger partial charge in [0.15, 0.2) is 13.2 Å². The minimum absolute atomic E-state index is 0.0294. The Morgan fingerprint density at radius 2 is 1.70 bits per heavy atom. The average Bonchev–Trinajstić information content (AvgIpc) is 3.68. The largest absolute Gasteiger partial charge is 0.487 e. The summed E-state index contributed by atoms with van der Waals surface area (Å²) in [6.07, 6.45) is 3.29. The van der Waals surface area contributed by atoms with Crippen molar-refractivity contribution in [1.29, 1.82) is 0 Å². The van der Waals surface area contributed by atoms with Crippen molar-refractivity contribution in [2.24, 2.45) is 5.92 Å². The number of carbonyl (C=O) groups excluding carboxylic acids is 4. The van der Waals surface area contributed by atoms with E-state index in [2.05, 4.69) is 10.6 Å².